The molecular weight excluding hydrogens is 506 g/mol. The Bertz CT molecular complexity index is 1490. The van der Waals surface area contributed by atoms with E-state index in [-0.39, 0.29) is 5.91 Å². The lowest BCUT2D eigenvalue weighted by atomic mass is 9.97. The lowest BCUT2D eigenvalue weighted by Gasteiger charge is -2.36. The van der Waals surface area contributed by atoms with Gasteiger partial charge in [0.1, 0.15) is 0 Å². The van der Waals surface area contributed by atoms with E-state index in [1.54, 1.807) is 23.0 Å². The zero-order valence-electron chi connectivity index (χ0n) is 23.3. The summed E-state index contributed by atoms with van der Waals surface area (Å²) in [5.41, 5.74) is 5.81. The molecule has 208 valence electrons. The Balaban J connectivity index is 1.28. The van der Waals surface area contributed by atoms with Crippen LogP contribution < -0.4 is 19.9 Å². The smallest absolute Gasteiger partial charge is 0.280 e. The van der Waals surface area contributed by atoms with Crippen molar-refractivity contribution < 1.29 is 14.3 Å². The van der Waals surface area contributed by atoms with Gasteiger partial charge >= 0.3 is 0 Å². The number of carbonyl (C=O) groups excluding carboxylic acids is 1. The molecule has 1 aliphatic carbocycles. The maximum Gasteiger partial charge on any atom is 0.280 e. The number of aromatic nitrogens is 3. The molecule has 5 heterocycles. The number of amides is 1. The van der Waals surface area contributed by atoms with Crippen molar-refractivity contribution in [3.63, 3.8) is 0 Å². The molecule has 2 fully saturated rings. The molecule has 0 spiro atoms. The van der Waals surface area contributed by atoms with Crippen molar-refractivity contribution in [3.05, 3.63) is 47.8 Å². The van der Waals surface area contributed by atoms with Crippen LogP contribution in [0.15, 0.2) is 41.5 Å². The van der Waals surface area contributed by atoms with Gasteiger partial charge < -0.3 is 24.6 Å². The molecule has 10 nitrogen and oxygen atoms in total. The topological polar surface area (TPSA) is 97.1 Å². The number of hydrogen-bond donors (Lipinski definition) is 1. The van der Waals surface area contributed by atoms with Crippen LogP contribution in [0.1, 0.15) is 41.7 Å². The maximum absolute atomic E-state index is 13.7. The molecule has 7 rings (SSSR count). The zero-order valence-corrected chi connectivity index (χ0v) is 23.3. The summed E-state index contributed by atoms with van der Waals surface area (Å²) in [4.78, 5) is 27.5. The Morgan fingerprint density at radius 1 is 1.10 bits per heavy atom. The third-order valence-corrected chi connectivity index (χ3v) is 8.58. The largest absolute Gasteiger partial charge is 0.477 e. The maximum atomic E-state index is 13.7. The predicted molar refractivity (Wildman–Crippen MR) is 154 cm³/mol. The first-order valence-electron chi connectivity index (χ1n) is 14.2. The normalized spacial score (nSPS) is 22.4. The first-order chi connectivity index (χ1) is 19.4. The SMILES string of the molecule is Cc1cc2cc(n1)-c1cnn(C)c1OCCC[C@@H](C1CC1)CN1/C(=N/C2=O)Nc2cc(N(C)C3COC3)ccc21. The molecule has 3 aromatic rings. The number of guanidine groups is 1. The van der Waals surface area contributed by atoms with Gasteiger partial charge in [-0.3, -0.25) is 9.78 Å². The Kier molecular flexibility index (Phi) is 6.22. The van der Waals surface area contributed by atoms with E-state index in [4.69, 9.17) is 14.5 Å². The van der Waals surface area contributed by atoms with Crippen LogP contribution >= 0.6 is 0 Å². The molecule has 2 aromatic heterocycles. The van der Waals surface area contributed by atoms with Crippen LogP contribution in [0.4, 0.5) is 17.1 Å². The van der Waals surface area contributed by atoms with Crippen LogP contribution in [0.25, 0.3) is 11.3 Å². The first-order valence-corrected chi connectivity index (χ1v) is 14.2. The quantitative estimate of drug-likeness (QED) is 0.526. The molecule has 1 atom stereocenters. The van der Waals surface area contributed by atoms with Crippen molar-refractivity contribution in [1.29, 1.82) is 0 Å². The number of ether oxygens (including phenoxy) is 2. The molecule has 0 radical (unpaired) electrons. The van der Waals surface area contributed by atoms with Gasteiger partial charge in [0, 0.05) is 37.6 Å². The zero-order chi connectivity index (χ0) is 27.4. The van der Waals surface area contributed by atoms with E-state index >= 15 is 0 Å². The fourth-order valence-electron chi connectivity index (χ4n) is 5.97. The van der Waals surface area contributed by atoms with Crippen molar-refractivity contribution in [1.82, 2.24) is 14.8 Å². The number of carbonyl (C=O) groups is 1. The third-order valence-electron chi connectivity index (χ3n) is 8.58. The highest BCUT2D eigenvalue weighted by Crippen LogP contribution is 2.43. The van der Waals surface area contributed by atoms with Gasteiger partial charge in [-0.1, -0.05) is 0 Å². The van der Waals surface area contributed by atoms with Gasteiger partial charge in [0.15, 0.2) is 0 Å². The Morgan fingerprint density at radius 2 is 1.95 bits per heavy atom. The van der Waals surface area contributed by atoms with Crippen LogP contribution in [0.5, 0.6) is 5.88 Å². The van der Waals surface area contributed by atoms with E-state index in [2.05, 4.69) is 50.5 Å². The number of aliphatic imine (C=N–C) groups is 1. The molecular formula is C30H35N7O3. The Hall–Kier alpha value is -3.92. The van der Waals surface area contributed by atoms with E-state index in [1.165, 1.54) is 12.8 Å². The number of nitrogens with one attached hydrogen (secondary N) is 1. The minimum atomic E-state index is -0.305. The second kappa shape index (κ2) is 9.92. The monoisotopic (exact) mass is 541 g/mol. The fraction of sp³-hybridized carbons (Fsp3) is 0.467. The highest BCUT2D eigenvalue weighted by atomic mass is 16.5. The van der Waals surface area contributed by atoms with E-state index in [0.717, 1.165) is 60.9 Å². The van der Waals surface area contributed by atoms with Gasteiger partial charge in [0.05, 0.1) is 54.7 Å². The fourth-order valence-corrected chi connectivity index (χ4v) is 5.97. The van der Waals surface area contributed by atoms with Crippen molar-refractivity contribution in [2.24, 2.45) is 23.9 Å². The summed E-state index contributed by atoms with van der Waals surface area (Å²) >= 11 is 0. The molecule has 4 aliphatic rings. The summed E-state index contributed by atoms with van der Waals surface area (Å²) in [6.07, 6.45) is 6.23. The molecule has 0 unspecified atom stereocenters. The molecule has 1 N–H and O–H groups in total. The second-order valence-corrected chi connectivity index (χ2v) is 11.4. The second-order valence-electron chi connectivity index (χ2n) is 11.4. The standard InChI is InChI=1S/C30H35N7O3/c1-18-11-21-12-25(32-18)24-14-31-36(3)29(24)40-10-4-5-20(19-6-7-19)15-37-27-9-8-22(35(2)23-16-39-17-23)13-26(27)33-30(37)34-28(21)38/h8-9,11-14,19-20,23H,4-7,10,15-17H2,1-3H3,(H,33,34,38)/t20-/m1/s1. The van der Waals surface area contributed by atoms with Gasteiger partial charge in [0.25, 0.3) is 5.91 Å². The Morgan fingerprint density at radius 3 is 2.73 bits per heavy atom. The van der Waals surface area contributed by atoms with Crippen LogP contribution in [-0.4, -0.2) is 66.1 Å². The van der Waals surface area contributed by atoms with Crippen molar-refractivity contribution in [3.8, 4) is 17.1 Å². The average molecular weight is 542 g/mol. The molecule has 40 heavy (non-hydrogen) atoms. The average Bonchev–Trinajstić information content (AvgIpc) is 3.61. The van der Waals surface area contributed by atoms with Crippen LogP contribution in [-0.2, 0) is 11.8 Å². The van der Waals surface area contributed by atoms with Crippen LogP contribution in [0.3, 0.4) is 0 Å². The third kappa shape index (κ3) is 4.60. The van der Waals surface area contributed by atoms with Crippen LogP contribution in [0.2, 0.25) is 0 Å². The van der Waals surface area contributed by atoms with Crippen molar-refractivity contribution >= 4 is 28.9 Å². The summed E-state index contributed by atoms with van der Waals surface area (Å²) in [6, 6.07) is 10.4. The highest BCUT2D eigenvalue weighted by Gasteiger charge is 2.36. The summed E-state index contributed by atoms with van der Waals surface area (Å²) in [5, 5.41) is 7.91. The lowest BCUT2D eigenvalue weighted by molar-refractivity contribution is 0.0101. The molecule has 1 amide bonds. The lowest BCUT2D eigenvalue weighted by Crippen LogP contribution is -2.47. The minimum absolute atomic E-state index is 0.305. The molecule has 10 heteroatoms. The molecule has 1 saturated heterocycles. The Labute approximate surface area is 234 Å². The number of pyridine rings is 1. The van der Waals surface area contributed by atoms with Gasteiger partial charge in [-0.15, -0.1) is 0 Å². The summed E-state index contributed by atoms with van der Waals surface area (Å²) in [6.45, 7) is 4.79. The van der Waals surface area contributed by atoms with Gasteiger partial charge in [0.2, 0.25) is 11.8 Å². The summed E-state index contributed by atoms with van der Waals surface area (Å²) in [5.74, 6) is 2.12. The molecule has 2 bridgehead atoms. The van der Waals surface area contributed by atoms with Crippen molar-refractivity contribution in [2.75, 3.05) is 48.5 Å². The number of anilines is 3. The minimum Gasteiger partial charge on any atom is -0.477 e. The highest BCUT2D eigenvalue weighted by molar-refractivity contribution is 6.19. The number of rotatable bonds is 3. The number of hydrogen-bond acceptors (Lipinski definition) is 8. The number of nitrogens with zero attached hydrogens (tertiary/aromatic N) is 6. The van der Waals surface area contributed by atoms with E-state index in [0.29, 0.717) is 47.6 Å². The van der Waals surface area contributed by atoms with E-state index in [9.17, 15) is 4.79 Å². The molecule has 1 aromatic carbocycles. The summed E-state index contributed by atoms with van der Waals surface area (Å²) < 4.78 is 13.4. The predicted octanol–water partition coefficient (Wildman–Crippen LogP) is 4.25. The number of aryl methyl sites for hydroxylation is 2. The van der Waals surface area contributed by atoms with Crippen LogP contribution in [0, 0.1) is 18.8 Å². The molecule has 3 aliphatic heterocycles. The first kappa shape index (κ1) is 25.1. The number of fused-ring (bicyclic) bond motifs is 7. The van der Waals surface area contributed by atoms with E-state index in [1.807, 2.05) is 14.0 Å². The van der Waals surface area contributed by atoms with E-state index < -0.39 is 0 Å². The van der Waals surface area contributed by atoms with Gasteiger partial charge in [-0.2, -0.15) is 10.1 Å². The van der Waals surface area contributed by atoms with Crippen molar-refractivity contribution in [2.45, 2.75) is 38.6 Å². The molecule has 1 saturated carbocycles. The van der Waals surface area contributed by atoms with Gasteiger partial charge in [-0.05, 0) is 74.8 Å². The van der Waals surface area contributed by atoms with Gasteiger partial charge in [-0.25, -0.2) is 4.68 Å². The number of benzene rings is 1. The summed E-state index contributed by atoms with van der Waals surface area (Å²) in [7, 11) is 3.97. The number of likely N-dealkylation sites (N-methyl/N-ethyl adjacent to an activating group) is 1.